The Morgan fingerprint density at radius 1 is 1.69 bits per heavy atom. The molecular weight excluding hydrogens is 160 g/mol. The second-order valence-electron chi connectivity index (χ2n) is 3.10. The maximum Gasteiger partial charge on any atom is 0.0992 e. The van der Waals surface area contributed by atoms with E-state index in [1.54, 1.807) is 12.3 Å². The molecule has 0 fully saturated rings. The molecule has 0 N–H and O–H groups in total. The fourth-order valence-corrected chi connectivity index (χ4v) is 1.03. The van der Waals surface area contributed by atoms with Gasteiger partial charge in [-0.3, -0.25) is 4.98 Å². The number of allylic oxidation sites excluding steroid dienone is 1. The van der Waals surface area contributed by atoms with Gasteiger partial charge < -0.3 is 0 Å². The lowest BCUT2D eigenvalue weighted by Crippen LogP contribution is -1.91. The summed E-state index contributed by atoms with van der Waals surface area (Å²) in [6.07, 6.45) is 3.47. The van der Waals surface area contributed by atoms with E-state index >= 15 is 0 Å². The van der Waals surface area contributed by atoms with Gasteiger partial charge in [-0.1, -0.05) is 5.57 Å². The van der Waals surface area contributed by atoms with E-state index in [9.17, 15) is 0 Å². The predicted octanol–water partition coefficient (Wildman–Crippen LogP) is 2.46. The van der Waals surface area contributed by atoms with Crippen LogP contribution in [0, 0.1) is 11.3 Å². The van der Waals surface area contributed by atoms with Crippen LogP contribution in [0.4, 0.5) is 0 Å². The zero-order valence-electron chi connectivity index (χ0n) is 7.75. The lowest BCUT2D eigenvalue weighted by Gasteiger charge is -1.99. The van der Waals surface area contributed by atoms with E-state index in [0.717, 1.165) is 24.1 Å². The number of hydrogen-bond acceptors (Lipinski definition) is 2. The van der Waals surface area contributed by atoms with Crippen LogP contribution in [0.2, 0.25) is 0 Å². The first kappa shape index (κ1) is 9.47. The Morgan fingerprint density at radius 2 is 2.46 bits per heavy atom. The van der Waals surface area contributed by atoms with E-state index in [-0.39, 0.29) is 0 Å². The second kappa shape index (κ2) is 4.42. The van der Waals surface area contributed by atoms with Crippen molar-refractivity contribution in [1.82, 2.24) is 4.98 Å². The first-order valence-electron chi connectivity index (χ1n) is 4.22. The van der Waals surface area contributed by atoms with Crippen LogP contribution < -0.4 is 0 Å². The van der Waals surface area contributed by atoms with Gasteiger partial charge in [0.2, 0.25) is 0 Å². The summed E-state index contributed by atoms with van der Waals surface area (Å²) in [5.41, 5.74) is 2.78. The highest BCUT2D eigenvalue weighted by Crippen LogP contribution is 2.06. The molecule has 0 aliphatic carbocycles. The summed E-state index contributed by atoms with van der Waals surface area (Å²) in [7, 11) is 0. The number of rotatable bonds is 3. The third-order valence-corrected chi connectivity index (χ3v) is 1.75. The van der Waals surface area contributed by atoms with Gasteiger partial charge in [0.15, 0.2) is 0 Å². The molecular formula is C11H12N2. The number of hydrogen-bond donors (Lipinski definition) is 0. The molecule has 0 saturated carbocycles. The Morgan fingerprint density at radius 3 is 3.08 bits per heavy atom. The first-order valence-corrected chi connectivity index (χ1v) is 4.22. The number of nitrogens with zero attached hydrogens (tertiary/aromatic N) is 2. The van der Waals surface area contributed by atoms with Gasteiger partial charge in [-0.15, -0.1) is 6.58 Å². The summed E-state index contributed by atoms with van der Waals surface area (Å²) in [6, 6.07) is 5.63. The molecule has 0 radical (unpaired) electrons. The van der Waals surface area contributed by atoms with Crippen molar-refractivity contribution in [3.05, 3.63) is 41.7 Å². The molecule has 0 spiro atoms. The van der Waals surface area contributed by atoms with E-state index in [1.807, 2.05) is 13.0 Å². The maximum absolute atomic E-state index is 8.64. The van der Waals surface area contributed by atoms with E-state index in [4.69, 9.17) is 5.26 Å². The molecule has 0 aromatic carbocycles. The van der Waals surface area contributed by atoms with Gasteiger partial charge in [0.05, 0.1) is 11.6 Å². The summed E-state index contributed by atoms with van der Waals surface area (Å²) in [4.78, 5) is 4.17. The Bertz CT molecular complexity index is 347. The van der Waals surface area contributed by atoms with Crippen molar-refractivity contribution in [3.63, 3.8) is 0 Å². The van der Waals surface area contributed by atoms with Gasteiger partial charge in [-0.25, -0.2) is 0 Å². The molecule has 0 unspecified atom stereocenters. The Labute approximate surface area is 78.5 Å². The lowest BCUT2D eigenvalue weighted by molar-refractivity contribution is 0.902. The third kappa shape index (κ3) is 3.08. The molecule has 1 aromatic rings. The van der Waals surface area contributed by atoms with Crippen LogP contribution in [0.5, 0.6) is 0 Å². The zero-order valence-corrected chi connectivity index (χ0v) is 7.75. The van der Waals surface area contributed by atoms with Gasteiger partial charge in [0.25, 0.3) is 0 Å². The molecule has 0 amide bonds. The minimum atomic E-state index is 0.673. The molecule has 1 heterocycles. The molecule has 1 rings (SSSR count). The van der Waals surface area contributed by atoms with Crippen molar-refractivity contribution in [2.45, 2.75) is 19.8 Å². The number of aryl methyl sites for hydroxylation is 1. The van der Waals surface area contributed by atoms with Crippen molar-refractivity contribution in [2.24, 2.45) is 0 Å². The Hall–Kier alpha value is -1.62. The van der Waals surface area contributed by atoms with Crippen molar-refractivity contribution >= 4 is 0 Å². The monoisotopic (exact) mass is 172 g/mol. The predicted molar refractivity (Wildman–Crippen MR) is 52.1 cm³/mol. The van der Waals surface area contributed by atoms with Crippen LogP contribution in [0.25, 0.3) is 0 Å². The first-order chi connectivity index (χ1) is 6.22. The molecule has 0 aliphatic rings. The van der Waals surface area contributed by atoms with Crippen molar-refractivity contribution in [2.75, 3.05) is 0 Å². The average Bonchev–Trinajstić information content (AvgIpc) is 2.15. The van der Waals surface area contributed by atoms with E-state index in [1.165, 1.54) is 0 Å². The highest BCUT2D eigenvalue weighted by atomic mass is 14.7. The van der Waals surface area contributed by atoms with Gasteiger partial charge >= 0.3 is 0 Å². The average molecular weight is 172 g/mol. The van der Waals surface area contributed by atoms with E-state index in [2.05, 4.69) is 17.6 Å². The Balaban J connectivity index is 2.68. The molecule has 2 nitrogen and oxygen atoms in total. The molecule has 0 aliphatic heterocycles. The summed E-state index contributed by atoms with van der Waals surface area (Å²) < 4.78 is 0. The molecule has 2 heteroatoms. The SMILES string of the molecule is C=C(C)CCc1cc(C#N)ccn1. The van der Waals surface area contributed by atoms with Crippen molar-refractivity contribution < 1.29 is 0 Å². The standard InChI is InChI=1S/C11H12N2/c1-9(2)3-4-11-7-10(8-12)5-6-13-11/h5-7H,1,3-4H2,2H3. The van der Waals surface area contributed by atoms with Crippen LogP contribution in [0.15, 0.2) is 30.5 Å². The maximum atomic E-state index is 8.64. The van der Waals surface area contributed by atoms with Crippen LogP contribution >= 0.6 is 0 Å². The summed E-state index contributed by atoms with van der Waals surface area (Å²) in [5.74, 6) is 0. The van der Waals surface area contributed by atoms with Crippen LogP contribution in [0.1, 0.15) is 24.6 Å². The number of nitriles is 1. The summed E-state index contributed by atoms with van der Waals surface area (Å²) >= 11 is 0. The van der Waals surface area contributed by atoms with Crippen LogP contribution in [-0.4, -0.2) is 4.98 Å². The Kier molecular flexibility index (Phi) is 3.22. The third-order valence-electron chi connectivity index (χ3n) is 1.75. The summed E-state index contributed by atoms with van der Waals surface area (Å²) in [5, 5.41) is 8.64. The lowest BCUT2D eigenvalue weighted by atomic mass is 10.1. The van der Waals surface area contributed by atoms with Gasteiger partial charge in [0.1, 0.15) is 0 Å². The normalized spacial score (nSPS) is 9.23. The topological polar surface area (TPSA) is 36.7 Å². The van der Waals surface area contributed by atoms with E-state index < -0.39 is 0 Å². The minimum Gasteiger partial charge on any atom is -0.261 e. The largest absolute Gasteiger partial charge is 0.261 e. The van der Waals surface area contributed by atoms with Gasteiger partial charge in [-0.05, 0) is 31.9 Å². The van der Waals surface area contributed by atoms with Gasteiger partial charge in [-0.2, -0.15) is 5.26 Å². The summed E-state index contributed by atoms with van der Waals surface area (Å²) in [6.45, 7) is 5.81. The number of aromatic nitrogens is 1. The van der Waals surface area contributed by atoms with Crippen LogP contribution in [-0.2, 0) is 6.42 Å². The second-order valence-corrected chi connectivity index (χ2v) is 3.10. The molecule has 0 atom stereocenters. The highest BCUT2D eigenvalue weighted by molar-refractivity contribution is 5.28. The molecule has 13 heavy (non-hydrogen) atoms. The smallest absolute Gasteiger partial charge is 0.0992 e. The van der Waals surface area contributed by atoms with Crippen LogP contribution in [0.3, 0.4) is 0 Å². The fourth-order valence-electron chi connectivity index (χ4n) is 1.03. The number of pyridine rings is 1. The molecule has 66 valence electrons. The van der Waals surface area contributed by atoms with Crippen molar-refractivity contribution in [1.29, 1.82) is 5.26 Å². The molecule has 0 bridgehead atoms. The molecule has 0 saturated heterocycles. The highest BCUT2D eigenvalue weighted by Gasteiger charge is 1.96. The fraction of sp³-hybridized carbons (Fsp3) is 0.273. The molecule has 1 aromatic heterocycles. The van der Waals surface area contributed by atoms with Crippen molar-refractivity contribution in [3.8, 4) is 6.07 Å². The minimum absolute atomic E-state index is 0.673. The van der Waals surface area contributed by atoms with Gasteiger partial charge in [0, 0.05) is 11.9 Å². The quantitative estimate of drug-likeness (QED) is 0.657. The zero-order chi connectivity index (χ0) is 9.68. The van der Waals surface area contributed by atoms with E-state index in [0.29, 0.717) is 5.56 Å².